The van der Waals surface area contributed by atoms with Crippen LogP contribution in [0.3, 0.4) is 0 Å². The van der Waals surface area contributed by atoms with Crippen molar-refractivity contribution in [2.24, 2.45) is 0 Å². The van der Waals surface area contributed by atoms with E-state index in [9.17, 15) is 14.0 Å². The fraction of sp³-hybridized carbons (Fsp3) is 0.391. The smallest absolute Gasteiger partial charge is 0.242 e. The summed E-state index contributed by atoms with van der Waals surface area (Å²) in [7, 11) is 0. The predicted molar refractivity (Wildman–Crippen MR) is 127 cm³/mol. The van der Waals surface area contributed by atoms with Crippen LogP contribution in [0.25, 0.3) is 0 Å². The average Bonchev–Trinajstić information content (AvgIpc) is 2.75. The molecule has 2 rings (SSSR count). The molecule has 0 spiro atoms. The Bertz CT molecular complexity index is 880. The van der Waals surface area contributed by atoms with E-state index >= 15 is 0 Å². The lowest BCUT2D eigenvalue weighted by Crippen LogP contribution is -2.48. The monoisotopic (exact) mass is 484 g/mol. The summed E-state index contributed by atoms with van der Waals surface area (Å²) in [6, 6.07) is 10.7. The van der Waals surface area contributed by atoms with Gasteiger partial charge >= 0.3 is 0 Å². The van der Waals surface area contributed by atoms with Crippen LogP contribution >= 0.6 is 35.0 Å². The molecule has 31 heavy (non-hydrogen) atoms. The molecule has 4 nitrogen and oxygen atoms in total. The van der Waals surface area contributed by atoms with Gasteiger partial charge in [-0.25, -0.2) is 4.39 Å². The van der Waals surface area contributed by atoms with Gasteiger partial charge in [0.15, 0.2) is 0 Å². The lowest BCUT2D eigenvalue weighted by Gasteiger charge is -2.28. The Morgan fingerprint density at radius 3 is 2.42 bits per heavy atom. The number of carbonyl (C=O) groups is 2. The lowest BCUT2D eigenvalue weighted by molar-refractivity contribution is -0.138. The van der Waals surface area contributed by atoms with Crippen molar-refractivity contribution < 1.29 is 14.0 Å². The summed E-state index contributed by atoms with van der Waals surface area (Å²) >= 11 is 13.4. The molecule has 168 valence electrons. The van der Waals surface area contributed by atoms with E-state index in [4.69, 9.17) is 23.2 Å². The largest absolute Gasteiger partial charge is 0.354 e. The summed E-state index contributed by atoms with van der Waals surface area (Å²) in [6.07, 6.45) is 1.85. The molecule has 2 amide bonds. The van der Waals surface area contributed by atoms with Gasteiger partial charge in [-0.15, -0.1) is 11.8 Å². The van der Waals surface area contributed by atoms with Crippen molar-refractivity contribution in [1.29, 1.82) is 0 Å². The van der Waals surface area contributed by atoms with Crippen molar-refractivity contribution in [3.63, 3.8) is 0 Å². The van der Waals surface area contributed by atoms with E-state index in [0.29, 0.717) is 22.3 Å². The number of halogens is 3. The number of nitrogens with zero attached hydrogens (tertiary/aromatic N) is 1. The van der Waals surface area contributed by atoms with Crippen LogP contribution in [0.15, 0.2) is 42.5 Å². The van der Waals surface area contributed by atoms with Gasteiger partial charge in [-0.2, -0.15) is 0 Å². The highest BCUT2D eigenvalue weighted by Crippen LogP contribution is 2.25. The third-order valence-corrected chi connectivity index (χ3v) is 6.47. The predicted octanol–water partition coefficient (Wildman–Crippen LogP) is 5.70. The van der Waals surface area contributed by atoms with Gasteiger partial charge in [0.25, 0.3) is 0 Å². The first kappa shape index (κ1) is 25.5. The van der Waals surface area contributed by atoms with E-state index in [1.807, 2.05) is 13.0 Å². The number of benzene rings is 2. The van der Waals surface area contributed by atoms with Gasteiger partial charge in [0, 0.05) is 18.8 Å². The van der Waals surface area contributed by atoms with Crippen molar-refractivity contribution in [3.8, 4) is 0 Å². The van der Waals surface area contributed by atoms with E-state index in [1.54, 1.807) is 31.2 Å². The lowest BCUT2D eigenvalue weighted by atomic mass is 10.1. The molecule has 0 saturated heterocycles. The zero-order valence-corrected chi connectivity index (χ0v) is 20.0. The fourth-order valence-corrected chi connectivity index (χ4v) is 4.05. The quantitative estimate of drug-likeness (QED) is 0.416. The Labute approximate surface area is 197 Å². The Hall–Kier alpha value is -1.76. The molecule has 1 N–H and O–H groups in total. The Kier molecular flexibility index (Phi) is 10.6. The first-order valence-corrected chi connectivity index (χ1v) is 12.1. The summed E-state index contributed by atoms with van der Waals surface area (Å²) in [6.45, 7) is 4.57. The number of nitrogens with one attached hydrogen (secondary N) is 1. The second-order valence-electron chi connectivity index (χ2n) is 7.21. The van der Waals surface area contributed by atoms with Crippen LogP contribution in [-0.2, 0) is 21.9 Å². The van der Waals surface area contributed by atoms with Gasteiger partial charge in [0.1, 0.15) is 11.9 Å². The van der Waals surface area contributed by atoms with Gasteiger partial charge < -0.3 is 10.2 Å². The standard InChI is InChI=1S/C23H27Cl2FN2O2S/c1-3-4-11-27-23(30)16(2)28(13-17-5-8-19(26)9-6-17)22(29)15-31-14-18-7-10-20(24)21(25)12-18/h5-10,12,16H,3-4,11,13-15H2,1-2H3,(H,27,30)/t16-/m0/s1. The van der Waals surface area contributed by atoms with Crippen molar-refractivity contribution in [2.75, 3.05) is 12.3 Å². The number of unbranched alkanes of at least 4 members (excludes halogenated alkanes) is 1. The van der Waals surface area contributed by atoms with E-state index in [2.05, 4.69) is 5.32 Å². The number of rotatable bonds is 11. The summed E-state index contributed by atoms with van der Waals surface area (Å²) in [5.74, 6) is 0.0908. The van der Waals surface area contributed by atoms with E-state index < -0.39 is 6.04 Å². The highest BCUT2D eigenvalue weighted by molar-refractivity contribution is 7.99. The van der Waals surface area contributed by atoms with Gasteiger partial charge in [-0.1, -0.05) is 54.7 Å². The summed E-state index contributed by atoms with van der Waals surface area (Å²) in [5, 5.41) is 3.84. The SMILES string of the molecule is CCCCNC(=O)[C@H](C)N(Cc1ccc(F)cc1)C(=O)CSCc1ccc(Cl)c(Cl)c1. The highest BCUT2D eigenvalue weighted by atomic mass is 35.5. The number of thioether (sulfide) groups is 1. The molecule has 8 heteroatoms. The van der Waals surface area contributed by atoms with Crippen LogP contribution in [0, 0.1) is 5.82 Å². The first-order chi connectivity index (χ1) is 14.8. The third kappa shape index (κ3) is 8.36. The minimum absolute atomic E-state index is 0.160. The molecular weight excluding hydrogens is 458 g/mol. The molecule has 0 radical (unpaired) electrons. The van der Waals surface area contributed by atoms with Crippen LogP contribution in [-0.4, -0.2) is 35.1 Å². The highest BCUT2D eigenvalue weighted by Gasteiger charge is 2.25. The molecule has 0 aliphatic heterocycles. The maximum atomic E-state index is 13.3. The van der Waals surface area contributed by atoms with Gasteiger partial charge in [-0.3, -0.25) is 9.59 Å². The van der Waals surface area contributed by atoms with Crippen molar-refractivity contribution in [1.82, 2.24) is 10.2 Å². The molecule has 0 bridgehead atoms. The van der Waals surface area contributed by atoms with E-state index in [1.165, 1.54) is 28.8 Å². The number of amides is 2. The van der Waals surface area contributed by atoms with Gasteiger partial charge in [0.2, 0.25) is 11.8 Å². The molecule has 0 unspecified atom stereocenters. The molecule has 0 aliphatic rings. The molecule has 2 aromatic rings. The average molecular weight is 485 g/mol. The molecule has 0 aliphatic carbocycles. The second-order valence-corrected chi connectivity index (χ2v) is 9.01. The number of carbonyl (C=O) groups excluding carboxylic acids is 2. The second kappa shape index (κ2) is 12.9. The van der Waals surface area contributed by atoms with Crippen LogP contribution in [0.2, 0.25) is 10.0 Å². The maximum absolute atomic E-state index is 13.3. The number of hydrogen-bond donors (Lipinski definition) is 1. The van der Waals surface area contributed by atoms with Crippen molar-refractivity contribution in [3.05, 3.63) is 69.5 Å². The van der Waals surface area contributed by atoms with Crippen molar-refractivity contribution in [2.45, 2.75) is 45.0 Å². The summed E-state index contributed by atoms with van der Waals surface area (Å²) in [5.41, 5.74) is 1.72. The Morgan fingerprint density at radius 1 is 1.10 bits per heavy atom. The maximum Gasteiger partial charge on any atom is 0.242 e. The van der Waals surface area contributed by atoms with Crippen LogP contribution in [0.5, 0.6) is 0 Å². The minimum Gasteiger partial charge on any atom is -0.354 e. The Morgan fingerprint density at radius 2 is 1.77 bits per heavy atom. The number of hydrogen-bond acceptors (Lipinski definition) is 3. The fourth-order valence-electron chi connectivity index (χ4n) is 2.87. The summed E-state index contributed by atoms with van der Waals surface area (Å²) < 4.78 is 13.3. The Balaban J connectivity index is 2.04. The molecule has 0 fully saturated rings. The van der Waals surface area contributed by atoms with E-state index in [-0.39, 0.29) is 29.9 Å². The summed E-state index contributed by atoms with van der Waals surface area (Å²) in [4.78, 5) is 27.1. The minimum atomic E-state index is -0.639. The van der Waals surface area contributed by atoms with Crippen molar-refractivity contribution >= 4 is 46.8 Å². The zero-order valence-electron chi connectivity index (χ0n) is 17.7. The third-order valence-electron chi connectivity index (χ3n) is 4.74. The molecule has 0 saturated carbocycles. The zero-order chi connectivity index (χ0) is 22.8. The molecule has 1 atom stereocenters. The van der Waals surface area contributed by atoms with E-state index in [0.717, 1.165) is 24.0 Å². The molecular formula is C23H27Cl2FN2O2S. The normalized spacial score (nSPS) is 11.8. The molecule has 2 aromatic carbocycles. The topological polar surface area (TPSA) is 49.4 Å². The van der Waals surface area contributed by atoms with Gasteiger partial charge in [-0.05, 0) is 48.7 Å². The first-order valence-electron chi connectivity index (χ1n) is 10.1. The van der Waals surface area contributed by atoms with Crippen LogP contribution < -0.4 is 5.32 Å². The molecule has 0 aromatic heterocycles. The molecule has 0 heterocycles. The van der Waals surface area contributed by atoms with Crippen LogP contribution in [0.1, 0.15) is 37.8 Å². The van der Waals surface area contributed by atoms with Gasteiger partial charge in [0.05, 0.1) is 15.8 Å². The van der Waals surface area contributed by atoms with Crippen LogP contribution in [0.4, 0.5) is 4.39 Å².